The molecule has 0 amide bonds. The second-order valence-corrected chi connectivity index (χ2v) is 9.41. The molecule has 23 heavy (non-hydrogen) atoms. The van der Waals surface area contributed by atoms with Crippen molar-refractivity contribution in [1.29, 1.82) is 0 Å². The summed E-state index contributed by atoms with van der Waals surface area (Å²) in [5, 5.41) is 0. The van der Waals surface area contributed by atoms with Crippen LogP contribution in [0.25, 0.3) is 0 Å². The second kappa shape index (κ2) is 6.70. The van der Waals surface area contributed by atoms with Crippen molar-refractivity contribution in [1.82, 2.24) is 9.21 Å². The standard InChI is InChI=1S/C16H23BrN2O3S/c1-18(2)13-7-8-19(10-13)23(20,21)14-5-6-16(15(17)9-14)22-11-12-3-4-12/h5-6,9,12-13H,3-4,7-8,10-11H2,1-2H3/t13-/m1/s1. The van der Waals surface area contributed by atoms with Crippen LogP contribution < -0.4 is 4.74 Å². The fraction of sp³-hybridized carbons (Fsp3) is 0.625. The summed E-state index contributed by atoms with van der Waals surface area (Å²) in [6, 6.07) is 5.33. The van der Waals surface area contributed by atoms with Gasteiger partial charge in [0.25, 0.3) is 0 Å². The zero-order valence-electron chi connectivity index (χ0n) is 13.5. The molecular formula is C16H23BrN2O3S. The molecule has 1 aromatic carbocycles. The number of likely N-dealkylation sites (N-methyl/N-ethyl adjacent to an activating group) is 1. The number of halogens is 1. The lowest BCUT2D eigenvalue weighted by Crippen LogP contribution is -2.34. The zero-order chi connectivity index (χ0) is 16.6. The number of benzene rings is 1. The molecule has 5 nitrogen and oxygen atoms in total. The lowest BCUT2D eigenvalue weighted by molar-refractivity contribution is 0.297. The van der Waals surface area contributed by atoms with Crippen LogP contribution in [0.15, 0.2) is 27.6 Å². The van der Waals surface area contributed by atoms with Crippen LogP contribution in [0, 0.1) is 5.92 Å². The maximum absolute atomic E-state index is 12.8. The first-order valence-electron chi connectivity index (χ1n) is 7.97. The lowest BCUT2D eigenvalue weighted by atomic mass is 10.2. The Balaban J connectivity index is 1.73. The SMILES string of the molecule is CN(C)[C@@H]1CCN(S(=O)(=O)c2ccc(OCC3CC3)c(Br)c2)C1. The van der Waals surface area contributed by atoms with Crippen molar-refractivity contribution in [2.45, 2.75) is 30.2 Å². The molecule has 2 fully saturated rings. The molecule has 0 spiro atoms. The first-order valence-corrected chi connectivity index (χ1v) is 10.2. The highest BCUT2D eigenvalue weighted by Gasteiger charge is 2.33. The van der Waals surface area contributed by atoms with Gasteiger partial charge in [-0.05, 0) is 73.4 Å². The Morgan fingerprint density at radius 3 is 2.61 bits per heavy atom. The highest BCUT2D eigenvalue weighted by Crippen LogP contribution is 2.33. The second-order valence-electron chi connectivity index (χ2n) is 6.62. The Morgan fingerprint density at radius 1 is 1.30 bits per heavy atom. The van der Waals surface area contributed by atoms with Crippen molar-refractivity contribution < 1.29 is 13.2 Å². The zero-order valence-corrected chi connectivity index (χ0v) is 15.9. The van der Waals surface area contributed by atoms with E-state index in [1.54, 1.807) is 22.5 Å². The molecule has 0 radical (unpaired) electrons. The number of ether oxygens (including phenoxy) is 1. The van der Waals surface area contributed by atoms with Crippen LogP contribution in [-0.4, -0.2) is 57.5 Å². The summed E-state index contributed by atoms with van der Waals surface area (Å²) >= 11 is 3.44. The Morgan fingerprint density at radius 2 is 2.04 bits per heavy atom. The predicted molar refractivity (Wildman–Crippen MR) is 93.2 cm³/mol. The van der Waals surface area contributed by atoms with Crippen LogP contribution in [0.2, 0.25) is 0 Å². The van der Waals surface area contributed by atoms with Gasteiger partial charge in [0.2, 0.25) is 10.0 Å². The molecule has 1 aliphatic carbocycles. The van der Waals surface area contributed by atoms with Crippen molar-refractivity contribution >= 4 is 26.0 Å². The first-order chi connectivity index (χ1) is 10.9. The molecule has 0 aromatic heterocycles. The monoisotopic (exact) mass is 402 g/mol. The van der Waals surface area contributed by atoms with Gasteiger partial charge >= 0.3 is 0 Å². The van der Waals surface area contributed by atoms with Crippen LogP contribution in [-0.2, 0) is 10.0 Å². The maximum atomic E-state index is 12.8. The summed E-state index contributed by atoms with van der Waals surface area (Å²) in [7, 11) is 0.537. The highest BCUT2D eigenvalue weighted by atomic mass is 79.9. The van der Waals surface area contributed by atoms with Gasteiger partial charge in [0.15, 0.2) is 0 Å². The predicted octanol–water partition coefficient (Wildman–Crippen LogP) is 2.56. The Bertz CT molecular complexity index is 674. The number of sulfonamides is 1. The van der Waals surface area contributed by atoms with Gasteiger partial charge in [0.05, 0.1) is 16.0 Å². The van der Waals surface area contributed by atoms with E-state index in [9.17, 15) is 8.42 Å². The number of rotatable bonds is 6. The minimum Gasteiger partial charge on any atom is -0.492 e. The van der Waals surface area contributed by atoms with Gasteiger partial charge in [-0.15, -0.1) is 0 Å². The van der Waals surface area contributed by atoms with Gasteiger partial charge < -0.3 is 9.64 Å². The number of nitrogens with zero attached hydrogens (tertiary/aromatic N) is 2. The Labute approximate surface area is 146 Å². The van der Waals surface area contributed by atoms with Gasteiger partial charge in [-0.25, -0.2) is 8.42 Å². The van der Waals surface area contributed by atoms with Gasteiger partial charge in [0.1, 0.15) is 5.75 Å². The van der Waals surface area contributed by atoms with E-state index in [1.807, 2.05) is 14.1 Å². The van der Waals surface area contributed by atoms with E-state index in [4.69, 9.17) is 4.74 Å². The van der Waals surface area contributed by atoms with E-state index in [2.05, 4.69) is 20.8 Å². The van der Waals surface area contributed by atoms with Crippen molar-refractivity contribution in [3.63, 3.8) is 0 Å². The van der Waals surface area contributed by atoms with Crippen LogP contribution in [0.4, 0.5) is 0 Å². The molecule has 3 rings (SSSR count). The molecule has 1 saturated heterocycles. The normalized spacial score (nSPS) is 22.7. The van der Waals surface area contributed by atoms with Crippen LogP contribution in [0.3, 0.4) is 0 Å². The van der Waals surface area contributed by atoms with Crippen molar-refractivity contribution in [3.8, 4) is 5.75 Å². The topological polar surface area (TPSA) is 49.9 Å². The average Bonchev–Trinajstić information content (AvgIpc) is 3.18. The van der Waals surface area contributed by atoms with Crippen LogP contribution >= 0.6 is 15.9 Å². The summed E-state index contributed by atoms with van der Waals surface area (Å²) < 4.78 is 33.6. The molecule has 1 aromatic rings. The third-order valence-electron chi connectivity index (χ3n) is 4.57. The van der Waals surface area contributed by atoms with E-state index in [0.717, 1.165) is 6.42 Å². The van der Waals surface area contributed by atoms with E-state index in [-0.39, 0.29) is 6.04 Å². The largest absolute Gasteiger partial charge is 0.492 e. The third kappa shape index (κ3) is 3.90. The minimum atomic E-state index is -3.44. The average molecular weight is 403 g/mol. The molecule has 1 aliphatic heterocycles. The fourth-order valence-electron chi connectivity index (χ4n) is 2.75. The lowest BCUT2D eigenvalue weighted by Gasteiger charge is -2.20. The summed E-state index contributed by atoms with van der Waals surface area (Å²) in [5.41, 5.74) is 0. The fourth-order valence-corrected chi connectivity index (χ4v) is 4.91. The molecule has 0 N–H and O–H groups in total. The third-order valence-corrected chi connectivity index (χ3v) is 7.05. The quantitative estimate of drug-likeness (QED) is 0.733. The van der Waals surface area contributed by atoms with E-state index in [0.29, 0.717) is 40.7 Å². The molecule has 0 unspecified atom stereocenters. The number of hydrogen-bond donors (Lipinski definition) is 0. The van der Waals surface area contributed by atoms with Crippen molar-refractivity contribution in [2.75, 3.05) is 33.8 Å². The van der Waals surface area contributed by atoms with Crippen LogP contribution in [0.5, 0.6) is 5.75 Å². The Hall–Kier alpha value is -0.630. The van der Waals surface area contributed by atoms with Gasteiger partial charge in [-0.1, -0.05) is 0 Å². The molecular weight excluding hydrogens is 380 g/mol. The molecule has 7 heteroatoms. The summed E-state index contributed by atoms with van der Waals surface area (Å²) in [6.07, 6.45) is 3.33. The molecule has 128 valence electrons. The molecule has 0 bridgehead atoms. The van der Waals surface area contributed by atoms with Gasteiger partial charge in [-0.3, -0.25) is 0 Å². The van der Waals surface area contributed by atoms with Gasteiger partial charge in [-0.2, -0.15) is 4.31 Å². The summed E-state index contributed by atoms with van der Waals surface area (Å²) in [6.45, 7) is 1.83. The smallest absolute Gasteiger partial charge is 0.243 e. The van der Waals surface area contributed by atoms with E-state index < -0.39 is 10.0 Å². The summed E-state index contributed by atoms with van der Waals surface area (Å²) in [5.74, 6) is 1.38. The Kier molecular flexibility index (Phi) is 5.01. The van der Waals surface area contributed by atoms with Crippen LogP contribution in [0.1, 0.15) is 19.3 Å². The molecule has 2 aliphatic rings. The highest BCUT2D eigenvalue weighted by molar-refractivity contribution is 9.10. The van der Waals surface area contributed by atoms with E-state index >= 15 is 0 Å². The van der Waals surface area contributed by atoms with E-state index in [1.165, 1.54) is 12.8 Å². The maximum Gasteiger partial charge on any atom is 0.243 e. The molecule has 1 atom stereocenters. The van der Waals surface area contributed by atoms with Crippen molar-refractivity contribution in [2.24, 2.45) is 5.92 Å². The van der Waals surface area contributed by atoms with Gasteiger partial charge in [0, 0.05) is 19.1 Å². The number of hydrogen-bond acceptors (Lipinski definition) is 4. The minimum absolute atomic E-state index is 0.286. The molecule has 1 heterocycles. The summed E-state index contributed by atoms with van der Waals surface area (Å²) in [4.78, 5) is 2.41. The molecule has 1 saturated carbocycles. The first kappa shape index (κ1) is 17.2. The van der Waals surface area contributed by atoms with Crippen molar-refractivity contribution in [3.05, 3.63) is 22.7 Å².